The zero-order valence-corrected chi connectivity index (χ0v) is 22.6. The predicted molar refractivity (Wildman–Crippen MR) is 137 cm³/mol. The van der Waals surface area contributed by atoms with Crippen molar-refractivity contribution in [2.24, 2.45) is 5.92 Å². The van der Waals surface area contributed by atoms with Crippen LogP contribution in [0.15, 0.2) is 23.8 Å². The third kappa shape index (κ3) is 7.53. The number of carbonyl (C=O) groups is 2. The minimum absolute atomic E-state index is 0.0710. The van der Waals surface area contributed by atoms with E-state index in [9.17, 15) is 19.8 Å². The van der Waals surface area contributed by atoms with Crippen molar-refractivity contribution in [1.29, 1.82) is 0 Å². The van der Waals surface area contributed by atoms with E-state index in [4.69, 9.17) is 19.3 Å². The molecule has 1 aliphatic carbocycles. The summed E-state index contributed by atoms with van der Waals surface area (Å²) in [6.07, 6.45) is -0.478. The third-order valence-corrected chi connectivity index (χ3v) is 6.45. The fraction of sp³-hybridized carbons (Fsp3) is 0.583. The summed E-state index contributed by atoms with van der Waals surface area (Å²) < 4.78 is 17.5. The van der Waals surface area contributed by atoms with Crippen LogP contribution in [0.25, 0.3) is 0 Å². The molecule has 1 aromatic carbocycles. The second kappa shape index (κ2) is 14.0. The average molecular weight is 606 g/mol. The summed E-state index contributed by atoms with van der Waals surface area (Å²) in [7, 11) is 3.00. The molecule has 2 rings (SSSR count). The van der Waals surface area contributed by atoms with Gasteiger partial charge in [-0.2, -0.15) is 0 Å². The highest BCUT2D eigenvalue weighted by Gasteiger charge is 2.41. The molecule has 0 aromatic heterocycles. The van der Waals surface area contributed by atoms with E-state index in [1.807, 2.05) is 22.6 Å². The largest absolute Gasteiger partial charge is 0.493 e. The number of nitrogens with one attached hydrogen (secondary N) is 1. The van der Waals surface area contributed by atoms with Crippen LogP contribution in [0.5, 0.6) is 11.5 Å². The van der Waals surface area contributed by atoms with E-state index >= 15 is 0 Å². The molecule has 0 fully saturated rings. The van der Waals surface area contributed by atoms with Crippen molar-refractivity contribution in [2.75, 3.05) is 40.5 Å². The van der Waals surface area contributed by atoms with E-state index in [1.54, 1.807) is 30.9 Å². The maximum absolute atomic E-state index is 13.1. The number of benzene rings is 1. The van der Waals surface area contributed by atoms with Gasteiger partial charge in [-0.1, -0.05) is 13.8 Å². The molecule has 0 saturated heterocycles. The molecule has 0 spiro atoms. The zero-order valence-electron chi connectivity index (χ0n) is 20.5. The number of hydrogen-bond donors (Lipinski definition) is 4. The third-order valence-electron chi connectivity index (χ3n) is 5.65. The summed E-state index contributed by atoms with van der Waals surface area (Å²) in [6, 6.07) is 2.62. The number of rotatable bonds is 12. The molecule has 35 heavy (non-hydrogen) atoms. The number of aliphatic hydroxyl groups excluding tert-OH is 3. The molecule has 1 aromatic rings. The Kier molecular flexibility index (Phi) is 11.7. The Morgan fingerprint density at radius 1 is 1.26 bits per heavy atom. The van der Waals surface area contributed by atoms with Crippen LogP contribution >= 0.6 is 22.6 Å². The Hall–Kier alpha value is -1.93. The van der Waals surface area contributed by atoms with Crippen LogP contribution in [-0.4, -0.2) is 90.8 Å². The number of halogens is 1. The molecule has 3 atom stereocenters. The number of hydrogen-bond acceptors (Lipinski definition) is 8. The number of carbonyl (C=O) groups excluding carboxylic acids is 2. The van der Waals surface area contributed by atoms with Gasteiger partial charge in [0.05, 0.1) is 36.5 Å². The lowest BCUT2D eigenvalue weighted by molar-refractivity contribution is -0.142. The van der Waals surface area contributed by atoms with Crippen molar-refractivity contribution < 1.29 is 39.1 Å². The second-order valence-electron chi connectivity index (χ2n) is 8.46. The van der Waals surface area contributed by atoms with Gasteiger partial charge in [0.15, 0.2) is 11.5 Å². The fourth-order valence-corrected chi connectivity index (χ4v) is 4.65. The Morgan fingerprint density at radius 3 is 2.54 bits per heavy atom. The Morgan fingerprint density at radius 2 is 1.97 bits per heavy atom. The molecule has 3 unspecified atom stereocenters. The van der Waals surface area contributed by atoms with Gasteiger partial charge in [0.25, 0.3) is 0 Å². The summed E-state index contributed by atoms with van der Waals surface area (Å²) >= 11 is 2.05. The maximum atomic E-state index is 13.1. The predicted octanol–water partition coefficient (Wildman–Crippen LogP) is 0.839. The molecule has 0 heterocycles. The van der Waals surface area contributed by atoms with Crippen molar-refractivity contribution in [1.82, 2.24) is 10.2 Å². The van der Waals surface area contributed by atoms with Crippen molar-refractivity contribution >= 4 is 34.4 Å². The first-order valence-electron chi connectivity index (χ1n) is 11.4. The molecule has 0 aliphatic heterocycles. The maximum Gasteiger partial charge on any atom is 0.247 e. The van der Waals surface area contributed by atoms with E-state index in [1.165, 1.54) is 20.3 Å². The Bertz CT molecular complexity index is 908. The molecule has 11 heteroatoms. The first-order valence-corrected chi connectivity index (χ1v) is 12.5. The molecule has 10 nitrogen and oxygen atoms in total. The van der Waals surface area contributed by atoms with E-state index in [2.05, 4.69) is 5.32 Å². The van der Waals surface area contributed by atoms with Gasteiger partial charge in [-0.05, 0) is 46.4 Å². The van der Waals surface area contributed by atoms with Gasteiger partial charge in [-0.3, -0.25) is 9.59 Å². The number of methoxy groups -OCH3 is 2. The van der Waals surface area contributed by atoms with Crippen molar-refractivity contribution in [3.63, 3.8) is 0 Å². The first kappa shape index (κ1) is 29.3. The zero-order chi connectivity index (χ0) is 26.1. The van der Waals surface area contributed by atoms with Crippen molar-refractivity contribution in [2.45, 2.75) is 45.1 Å². The summed E-state index contributed by atoms with van der Waals surface area (Å²) in [5, 5.41) is 32.6. The Labute approximate surface area is 219 Å². The van der Waals surface area contributed by atoms with Gasteiger partial charge in [0.2, 0.25) is 11.8 Å². The average Bonchev–Trinajstić information content (AvgIpc) is 2.84. The summed E-state index contributed by atoms with van der Waals surface area (Å²) in [6.45, 7) is 3.71. The summed E-state index contributed by atoms with van der Waals surface area (Å²) in [4.78, 5) is 27.4. The smallest absolute Gasteiger partial charge is 0.247 e. The second-order valence-corrected chi connectivity index (χ2v) is 9.62. The van der Waals surface area contributed by atoms with Gasteiger partial charge in [0.1, 0.15) is 12.2 Å². The Balaban J connectivity index is 2.50. The van der Waals surface area contributed by atoms with Crippen LogP contribution in [0.4, 0.5) is 0 Å². The molecular formula is C24H35IN2O8. The number of aliphatic hydroxyl groups is 3. The highest BCUT2D eigenvalue weighted by molar-refractivity contribution is 14.1. The van der Waals surface area contributed by atoms with Gasteiger partial charge < -0.3 is 39.7 Å². The molecule has 0 saturated carbocycles. The van der Waals surface area contributed by atoms with Crippen LogP contribution in [0.3, 0.4) is 0 Å². The molecule has 196 valence electrons. The highest BCUT2D eigenvalue weighted by Crippen LogP contribution is 2.37. The standard InChI is InChI=1S/C24H35IN2O8/c1-14(2)24(32)27(6-8-33-3)18-11-16(23(31)26-5-7-28)12-19(21(18)30)35-22-17(25)9-15(13-29)10-20(22)34-4/h9-10,12,14,18-19,21,28-30H,5-8,11,13H2,1-4H3,(H,26,31). The molecule has 4 N–H and O–H groups in total. The SMILES string of the molecule is COCCN(C(=O)C(C)C)C1CC(C(=O)NCCO)=CC(Oc2c(I)cc(CO)cc2OC)C1O. The van der Waals surface area contributed by atoms with E-state index in [0.29, 0.717) is 26.2 Å². The first-order chi connectivity index (χ1) is 16.7. The molecule has 0 bridgehead atoms. The van der Waals surface area contributed by atoms with Crippen LogP contribution in [0, 0.1) is 9.49 Å². The minimum atomic E-state index is -1.15. The summed E-state index contributed by atoms with van der Waals surface area (Å²) in [5.41, 5.74) is 0.965. The molecule has 2 amide bonds. The van der Waals surface area contributed by atoms with E-state index < -0.39 is 24.2 Å². The number of ether oxygens (including phenoxy) is 3. The van der Waals surface area contributed by atoms with E-state index in [0.717, 1.165) is 0 Å². The minimum Gasteiger partial charge on any atom is -0.493 e. The molecule has 0 radical (unpaired) electrons. The van der Waals surface area contributed by atoms with Crippen LogP contribution < -0.4 is 14.8 Å². The van der Waals surface area contributed by atoms with E-state index in [-0.39, 0.29) is 51.2 Å². The van der Waals surface area contributed by atoms with Crippen molar-refractivity contribution in [3.8, 4) is 11.5 Å². The van der Waals surface area contributed by atoms with Gasteiger partial charge in [0, 0.05) is 38.1 Å². The lowest BCUT2D eigenvalue weighted by Gasteiger charge is -2.41. The van der Waals surface area contributed by atoms with Gasteiger partial charge in [-0.25, -0.2) is 0 Å². The van der Waals surface area contributed by atoms with Gasteiger partial charge >= 0.3 is 0 Å². The van der Waals surface area contributed by atoms with Gasteiger partial charge in [-0.15, -0.1) is 0 Å². The lowest BCUT2D eigenvalue weighted by atomic mass is 9.87. The molecular weight excluding hydrogens is 571 g/mol. The normalized spacial score (nSPS) is 19.8. The monoisotopic (exact) mass is 606 g/mol. The number of amides is 2. The van der Waals surface area contributed by atoms with Crippen LogP contribution in [0.2, 0.25) is 0 Å². The van der Waals surface area contributed by atoms with Crippen LogP contribution in [0.1, 0.15) is 25.8 Å². The molecule has 1 aliphatic rings. The van der Waals surface area contributed by atoms with Crippen LogP contribution in [-0.2, 0) is 20.9 Å². The topological polar surface area (TPSA) is 138 Å². The quantitative estimate of drug-likeness (QED) is 0.257. The van der Waals surface area contributed by atoms with Crippen molar-refractivity contribution in [3.05, 3.63) is 32.9 Å². The fourth-order valence-electron chi connectivity index (χ4n) is 3.86. The lowest BCUT2D eigenvalue weighted by Crippen LogP contribution is -2.56. The number of nitrogens with zero attached hydrogens (tertiary/aromatic N) is 1. The summed E-state index contributed by atoms with van der Waals surface area (Å²) in [5.74, 6) is -0.209. The highest BCUT2D eigenvalue weighted by atomic mass is 127.